The Bertz CT molecular complexity index is 746. The van der Waals surface area contributed by atoms with Crippen LogP contribution in [0.5, 0.6) is 5.75 Å². The van der Waals surface area contributed by atoms with E-state index in [0.29, 0.717) is 29.2 Å². The van der Waals surface area contributed by atoms with E-state index >= 15 is 0 Å². The molecule has 2 aromatic rings. The van der Waals surface area contributed by atoms with Gasteiger partial charge in [0.15, 0.2) is 11.0 Å². The Labute approximate surface area is 156 Å². The summed E-state index contributed by atoms with van der Waals surface area (Å²) in [5, 5.41) is 12.7. The van der Waals surface area contributed by atoms with Crippen molar-refractivity contribution in [2.24, 2.45) is 0 Å². The number of carbonyl (C=O) groups is 1. The van der Waals surface area contributed by atoms with Gasteiger partial charge in [-0.15, -0.1) is 10.2 Å². The largest absolute Gasteiger partial charge is 0.484 e. The topological polar surface area (TPSA) is 69.0 Å². The number of thioether (sulfide) groups is 1. The second-order valence-electron chi connectivity index (χ2n) is 6.23. The number of ether oxygens (including phenoxy) is 1. The molecule has 0 atom stereocenters. The highest BCUT2D eigenvalue weighted by Crippen LogP contribution is 2.39. The van der Waals surface area contributed by atoms with E-state index in [0.717, 1.165) is 23.8 Å². The molecule has 1 fully saturated rings. The van der Waals surface area contributed by atoms with Crippen LogP contribution in [0.1, 0.15) is 38.6 Å². The number of hydrogen-bond donors (Lipinski definition) is 1. The van der Waals surface area contributed by atoms with E-state index in [1.54, 1.807) is 6.07 Å². The van der Waals surface area contributed by atoms with Crippen molar-refractivity contribution >= 4 is 29.3 Å². The predicted octanol–water partition coefficient (Wildman–Crippen LogP) is 3.46. The van der Waals surface area contributed by atoms with Crippen molar-refractivity contribution in [2.75, 3.05) is 5.75 Å². The first-order valence-corrected chi connectivity index (χ1v) is 9.64. The van der Waals surface area contributed by atoms with Gasteiger partial charge >= 0.3 is 0 Å². The first kappa shape index (κ1) is 18.1. The Morgan fingerprint density at radius 3 is 2.84 bits per heavy atom. The summed E-state index contributed by atoms with van der Waals surface area (Å²) in [6, 6.07) is 7.88. The maximum atomic E-state index is 11.8. The highest BCUT2D eigenvalue weighted by Gasteiger charge is 2.30. The maximum Gasteiger partial charge on any atom is 0.230 e. The first-order valence-electron chi connectivity index (χ1n) is 8.28. The van der Waals surface area contributed by atoms with Crippen LogP contribution in [-0.4, -0.2) is 32.5 Å². The van der Waals surface area contributed by atoms with Gasteiger partial charge in [0.05, 0.1) is 10.8 Å². The molecule has 8 heteroatoms. The summed E-state index contributed by atoms with van der Waals surface area (Å²) < 4.78 is 7.88. The lowest BCUT2D eigenvalue weighted by Crippen LogP contribution is -2.31. The van der Waals surface area contributed by atoms with Crippen LogP contribution in [0.15, 0.2) is 29.4 Å². The third kappa shape index (κ3) is 4.89. The fourth-order valence-corrected chi connectivity index (χ4v) is 3.43. The zero-order valence-corrected chi connectivity index (χ0v) is 15.8. The van der Waals surface area contributed by atoms with Gasteiger partial charge in [0.25, 0.3) is 0 Å². The van der Waals surface area contributed by atoms with Crippen molar-refractivity contribution in [1.29, 1.82) is 0 Å². The molecule has 0 spiro atoms. The monoisotopic (exact) mass is 380 g/mol. The molecule has 1 amide bonds. The van der Waals surface area contributed by atoms with Crippen LogP contribution in [0.2, 0.25) is 5.02 Å². The molecule has 1 aromatic carbocycles. The Morgan fingerprint density at radius 2 is 2.16 bits per heavy atom. The fraction of sp³-hybridized carbons (Fsp3) is 0.471. The molecule has 0 aliphatic heterocycles. The third-order valence-electron chi connectivity index (χ3n) is 3.62. The molecule has 1 heterocycles. The predicted molar refractivity (Wildman–Crippen MR) is 98.1 cm³/mol. The Kier molecular flexibility index (Phi) is 5.86. The van der Waals surface area contributed by atoms with Gasteiger partial charge in [0.2, 0.25) is 5.91 Å². The molecule has 1 aliphatic carbocycles. The lowest BCUT2D eigenvalue weighted by molar-refractivity contribution is -0.119. The summed E-state index contributed by atoms with van der Waals surface area (Å²) in [6.45, 7) is 4.19. The summed E-state index contributed by atoms with van der Waals surface area (Å²) in [4.78, 5) is 11.8. The van der Waals surface area contributed by atoms with Gasteiger partial charge in [0.1, 0.15) is 12.4 Å². The number of aromatic nitrogens is 3. The minimum Gasteiger partial charge on any atom is -0.484 e. The SMILES string of the molecule is CC(C)NC(=O)CSc1nnc(COc2ccccc2Cl)n1C1CC1. The van der Waals surface area contributed by atoms with Gasteiger partial charge in [-0.2, -0.15) is 0 Å². The van der Waals surface area contributed by atoms with Crippen molar-refractivity contribution in [3.05, 3.63) is 35.1 Å². The van der Waals surface area contributed by atoms with E-state index in [2.05, 4.69) is 20.1 Å². The number of nitrogens with one attached hydrogen (secondary N) is 1. The van der Waals surface area contributed by atoms with Crippen LogP contribution in [-0.2, 0) is 11.4 Å². The fourth-order valence-electron chi connectivity index (χ4n) is 2.40. The number of carbonyl (C=O) groups excluding carboxylic acids is 1. The first-order chi connectivity index (χ1) is 12.0. The van der Waals surface area contributed by atoms with Crippen LogP contribution >= 0.6 is 23.4 Å². The molecule has 134 valence electrons. The van der Waals surface area contributed by atoms with E-state index in [4.69, 9.17) is 16.3 Å². The minimum atomic E-state index is -0.000727. The van der Waals surface area contributed by atoms with Crippen molar-refractivity contribution in [1.82, 2.24) is 20.1 Å². The van der Waals surface area contributed by atoms with Crippen LogP contribution < -0.4 is 10.1 Å². The quantitative estimate of drug-likeness (QED) is 0.710. The highest BCUT2D eigenvalue weighted by atomic mass is 35.5. The molecule has 25 heavy (non-hydrogen) atoms. The lowest BCUT2D eigenvalue weighted by Gasteiger charge is -2.11. The zero-order chi connectivity index (χ0) is 17.8. The summed E-state index contributed by atoms with van der Waals surface area (Å²) in [6.07, 6.45) is 2.20. The van der Waals surface area contributed by atoms with Gasteiger partial charge in [-0.3, -0.25) is 9.36 Å². The number of rotatable bonds is 8. The van der Waals surface area contributed by atoms with E-state index < -0.39 is 0 Å². The second-order valence-corrected chi connectivity index (χ2v) is 7.58. The van der Waals surface area contributed by atoms with E-state index in [9.17, 15) is 4.79 Å². The number of nitrogens with zero attached hydrogens (tertiary/aromatic N) is 3. The standard InChI is InChI=1S/C17H21ClN4O2S/c1-11(2)19-16(23)10-25-17-21-20-15(22(17)12-7-8-12)9-24-14-6-4-3-5-13(14)18/h3-6,11-12H,7-10H2,1-2H3,(H,19,23). The van der Waals surface area contributed by atoms with Crippen molar-refractivity contribution in [3.8, 4) is 5.75 Å². The normalized spacial score (nSPS) is 13.9. The number of para-hydroxylation sites is 1. The van der Waals surface area contributed by atoms with Gasteiger partial charge in [-0.1, -0.05) is 35.5 Å². The molecule has 1 N–H and O–H groups in total. The molecule has 0 bridgehead atoms. The van der Waals surface area contributed by atoms with Gasteiger partial charge in [-0.05, 0) is 38.8 Å². The number of benzene rings is 1. The molecule has 3 rings (SSSR count). The van der Waals surface area contributed by atoms with Crippen LogP contribution in [0.4, 0.5) is 0 Å². The molecule has 1 saturated carbocycles. The Morgan fingerprint density at radius 1 is 1.40 bits per heavy atom. The Balaban J connectivity index is 1.66. The zero-order valence-electron chi connectivity index (χ0n) is 14.2. The van der Waals surface area contributed by atoms with Gasteiger partial charge < -0.3 is 10.1 Å². The highest BCUT2D eigenvalue weighted by molar-refractivity contribution is 7.99. The molecular formula is C17H21ClN4O2S. The second kappa shape index (κ2) is 8.10. The molecule has 0 radical (unpaired) electrons. The number of hydrogen-bond acceptors (Lipinski definition) is 5. The van der Waals surface area contributed by atoms with E-state index in [1.807, 2.05) is 32.0 Å². The van der Waals surface area contributed by atoms with Crippen molar-refractivity contribution in [3.63, 3.8) is 0 Å². The smallest absolute Gasteiger partial charge is 0.230 e. The summed E-state index contributed by atoms with van der Waals surface area (Å²) in [5.41, 5.74) is 0. The number of halogens is 1. The van der Waals surface area contributed by atoms with Crippen molar-refractivity contribution < 1.29 is 9.53 Å². The van der Waals surface area contributed by atoms with Crippen LogP contribution in [0.25, 0.3) is 0 Å². The van der Waals surface area contributed by atoms with Crippen LogP contribution in [0, 0.1) is 0 Å². The average Bonchev–Trinajstić information content (AvgIpc) is 3.32. The summed E-state index contributed by atoms with van der Waals surface area (Å²) in [5.74, 6) is 1.71. The number of amides is 1. The molecule has 0 saturated heterocycles. The summed E-state index contributed by atoms with van der Waals surface area (Å²) >= 11 is 7.53. The van der Waals surface area contributed by atoms with Gasteiger partial charge in [-0.25, -0.2) is 0 Å². The van der Waals surface area contributed by atoms with Crippen LogP contribution in [0.3, 0.4) is 0 Å². The third-order valence-corrected chi connectivity index (χ3v) is 4.88. The average molecular weight is 381 g/mol. The molecule has 0 unspecified atom stereocenters. The molecule has 6 nitrogen and oxygen atoms in total. The van der Waals surface area contributed by atoms with Gasteiger partial charge in [0, 0.05) is 12.1 Å². The minimum absolute atomic E-state index is 0.000727. The summed E-state index contributed by atoms with van der Waals surface area (Å²) in [7, 11) is 0. The molecule has 1 aromatic heterocycles. The molecular weight excluding hydrogens is 360 g/mol. The van der Waals surface area contributed by atoms with E-state index in [-0.39, 0.29) is 11.9 Å². The van der Waals surface area contributed by atoms with Crippen molar-refractivity contribution in [2.45, 2.75) is 50.5 Å². The van der Waals surface area contributed by atoms with E-state index in [1.165, 1.54) is 11.8 Å². The lowest BCUT2D eigenvalue weighted by atomic mass is 10.3. The maximum absolute atomic E-state index is 11.8. The molecule has 1 aliphatic rings. The Hall–Kier alpha value is -1.73.